The number of hydrogen-bond donors (Lipinski definition) is 1. The monoisotopic (exact) mass is 376 g/mol. The van der Waals surface area contributed by atoms with Crippen molar-refractivity contribution in [2.75, 3.05) is 23.3 Å². The van der Waals surface area contributed by atoms with Crippen LogP contribution in [-0.2, 0) is 6.54 Å². The number of aryl methyl sites for hydroxylation is 1. The molecule has 28 heavy (non-hydrogen) atoms. The predicted octanol–water partition coefficient (Wildman–Crippen LogP) is 3.66. The van der Waals surface area contributed by atoms with Gasteiger partial charge in [0.15, 0.2) is 5.69 Å². The molecule has 1 saturated heterocycles. The number of benzene rings is 2. The van der Waals surface area contributed by atoms with Crippen LogP contribution in [0.3, 0.4) is 0 Å². The minimum Gasteiger partial charge on any atom is -0.372 e. The maximum Gasteiger partial charge on any atom is 0.280 e. The van der Waals surface area contributed by atoms with Crippen LogP contribution < -0.4 is 15.6 Å². The second-order valence-electron chi connectivity index (χ2n) is 7.06. The van der Waals surface area contributed by atoms with E-state index in [0.717, 1.165) is 24.3 Å². The summed E-state index contributed by atoms with van der Waals surface area (Å²) in [7, 11) is 0. The fourth-order valence-electron chi connectivity index (χ4n) is 3.73. The molecule has 0 radical (unpaired) electrons. The van der Waals surface area contributed by atoms with Gasteiger partial charge in [-0.1, -0.05) is 12.1 Å². The number of nitrogens with one attached hydrogen (secondary N) is 1. The van der Waals surface area contributed by atoms with E-state index in [0.29, 0.717) is 17.6 Å². The highest BCUT2D eigenvalue weighted by Gasteiger charge is 2.17. The lowest BCUT2D eigenvalue weighted by molar-refractivity contribution is 0.101. The Balaban J connectivity index is 1.58. The number of rotatable bonds is 4. The lowest BCUT2D eigenvalue weighted by Gasteiger charge is -2.28. The molecular weight excluding hydrogens is 352 g/mol. The highest BCUT2D eigenvalue weighted by molar-refractivity contribution is 6.04. The SMILES string of the molecule is CCn1nc(C(=O)Nc2ccc(N3CCCCC3)cc2)c(=O)c2ccccc21. The van der Waals surface area contributed by atoms with E-state index in [4.69, 9.17) is 0 Å². The molecule has 6 heteroatoms. The van der Waals surface area contributed by atoms with Crippen LogP contribution >= 0.6 is 0 Å². The summed E-state index contributed by atoms with van der Waals surface area (Å²) >= 11 is 0. The third kappa shape index (κ3) is 3.50. The van der Waals surface area contributed by atoms with Crippen molar-refractivity contribution in [3.63, 3.8) is 0 Å². The third-order valence-electron chi connectivity index (χ3n) is 5.22. The number of anilines is 2. The Morgan fingerprint density at radius 2 is 1.75 bits per heavy atom. The van der Waals surface area contributed by atoms with Crippen molar-refractivity contribution in [3.8, 4) is 0 Å². The van der Waals surface area contributed by atoms with E-state index in [1.807, 2.05) is 43.3 Å². The average Bonchev–Trinajstić information content (AvgIpc) is 2.75. The van der Waals surface area contributed by atoms with Crippen molar-refractivity contribution >= 4 is 28.2 Å². The van der Waals surface area contributed by atoms with E-state index >= 15 is 0 Å². The topological polar surface area (TPSA) is 67.2 Å². The number of fused-ring (bicyclic) bond motifs is 1. The summed E-state index contributed by atoms with van der Waals surface area (Å²) in [6.07, 6.45) is 3.73. The van der Waals surface area contributed by atoms with Gasteiger partial charge >= 0.3 is 0 Å². The molecule has 0 spiro atoms. The van der Waals surface area contributed by atoms with E-state index in [1.165, 1.54) is 19.3 Å². The van der Waals surface area contributed by atoms with Gasteiger partial charge in [-0.25, -0.2) is 0 Å². The molecule has 0 bridgehead atoms. The first-order valence-electron chi connectivity index (χ1n) is 9.83. The molecule has 1 aliphatic heterocycles. The first-order chi connectivity index (χ1) is 13.7. The van der Waals surface area contributed by atoms with Crippen LogP contribution in [0.1, 0.15) is 36.7 Å². The Morgan fingerprint density at radius 1 is 1.04 bits per heavy atom. The van der Waals surface area contributed by atoms with Gasteiger partial charge in [0.1, 0.15) is 0 Å². The summed E-state index contributed by atoms with van der Waals surface area (Å²) < 4.78 is 1.69. The van der Waals surface area contributed by atoms with Crippen LogP contribution in [0.25, 0.3) is 10.9 Å². The molecule has 1 fully saturated rings. The minimum absolute atomic E-state index is 0.0827. The van der Waals surface area contributed by atoms with Crippen LogP contribution in [0.2, 0.25) is 0 Å². The van der Waals surface area contributed by atoms with Crippen LogP contribution in [0.4, 0.5) is 11.4 Å². The van der Waals surface area contributed by atoms with Crippen molar-refractivity contribution in [2.45, 2.75) is 32.7 Å². The van der Waals surface area contributed by atoms with Gasteiger partial charge in [-0.05, 0) is 62.6 Å². The Bertz CT molecular complexity index is 1050. The van der Waals surface area contributed by atoms with E-state index in [2.05, 4.69) is 15.3 Å². The van der Waals surface area contributed by atoms with Gasteiger partial charge in [0.05, 0.1) is 5.52 Å². The van der Waals surface area contributed by atoms with Gasteiger partial charge in [0.25, 0.3) is 5.91 Å². The molecular formula is C22H24N4O2. The largest absolute Gasteiger partial charge is 0.372 e. The fraction of sp³-hybridized carbons (Fsp3) is 0.318. The molecule has 2 heterocycles. The normalized spacial score (nSPS) is 14.2. The number of carbonyl (C=O) groups excluding carboxylic acids is 1. The second kappa shape index (κ2) is 7.84. The Hall–Kier alpha value is -3.15. The highest BCUT2D eigenvalue weighted by atomic mass is 16.2. The molecule has 2 aromatic carbocycles. The summed E-state index contributed by atoms with van der Waals surface area (Å²) in [5.74, 6) is -0.483. The zero-order valence-electron chi connectivity index (χ0n) is 16.0. The summed E-state index contributed by atoms with van der Waals surface area (Å²) in [5, 5.41) is 7.61. The van der Waals surface area contributed by atoms with Crippen LogP contribution in [0, 0.1) is 0 Å². The molecule has 0 aliphatic carbocycles. The van der Waals surface area contributed by atoms with Crippen molar-refractivity contribution in [2.24, 2.45) is 0 Å². The number of carbonyl (C=O) groups is 1. The first kappa shape index (κ1) is 18.2. The van der Waals surface area contributed by atoms with Gasteiger partial charge in [-0.2, -0.15) is 5.10 Å². The molecule has 6 nitrogen and oxygen atoms in total. The molecule has 1 aliphatic rings. The molecule has 0 atom stereocenters. The standard InChI is InChI=1S/C22H24N4O2/c1-2-26-19-9-5-4-8-18(19)21(27)20(24-26)22(28)23-16-10-12-17(13-11-16)25-14-6-3-7-15-25/h4-5,8-13H,2-3,6-7,14-15H2,1H3,(H,23,28). The summed E-state index contributed by atoms with van der Waals surface area (Å²) in [6.45, 7) is 4.66. The minimum atomic E-state index is -0.483. The molecule has 3 aromatic rings. The number of nitrogens with zero attached hydrogens (tertiary/aromatic N) is 3. The van der Waals surface area contributed by atoms with E-state index in [9.17, 15) is 9.59 Å². The van der Waals surface area contributed by atoms with Crippen LogP contribution in [0.5, 0.6) is 0 Å². The van der Waals surface area contributed by atoms with Gasteiger partial charge in [0.2, 0.25) is 5.43 Å². The maximum atomic E-state index is 12.7. The Kier molecular flexibility index (Phi) is 5.10. The van der Waals surface area contributed by atoms with Crippen molar-refractivity contribution in [1.29, 1.82) is 0 Å². The van der Waals surface area contributed by atoms with Gasteiger partial charge < -0.3 is 10.2 Å². The smallest absolute Gasteiger partial charge is 0.280 e. The predicted molar refractivity (Wildman–Crippen MR) is 112 cm³/mol. The van der Waals surface area contributed by atoms with E-state index in [-0.39, 0.29) is 11.1 Å². The number of amides is 1. The lowest BCUT2D eigenvalue weighted by Crippen LogP contribution is -2.29. The Morgan fingerprint density at radius 3 is 2.46 bits per heavy atom. The van der Waals surface area contributed by atoms with E-state index in [1.54, 1.807) is 16.8 Å². The number of piperidine rings is 1. The summed E-state index contributed by atoms with van der Waals surface area (Å²) in [6, 6.07) is 15.0. The van der Waals surface area contributed by atoms with E-state index < -0.39 is 5.91 Å². The molecule has 4 rings (SSSR count). The summed E-state index contributed by atoms with van der Waals surface area (Å²) in [5.41, 5.74) is 2.12. The molecule has 0 unspecified atom stereocenters. The number of aromatic nitrogens is 2. The highest BCUT2D eigenvalue weighted by Crippen LogP contribution is 2.22. The number of hydrogen-bond acceptors (Lipinski definition) is 4. The van der Waals surface area contributed by atoms with Gasteiger partial charge in [0, 0.05) is 36.4 Å². The average molecular weight is 376 g/mol. The molecule has 1 aromatic heterocycles. The number of para-hydroxylation sites is 1. The third-order valence-corrected chi connectivity index (χ3v) is 5.22. The summed E-state index contributed by atoms with van der Waals surface area (Å²) in [4.78, 5) is 27.8. The maximum absolute atomic E-state index is 12.7. The molecule has 0 saturated carbocycles. The van der Waals surface area contributed by atoms with Crippen molar-refractivity contribution in [3.05, 3.63) is 64.4 Å². The van der Waals surface area contributed by atoms with Crippen molar-refractivity contribution < 1.29 is 4.79 Å². The first-order valence-corrected chi connectivity index (χ1v) is 9.83. The lowest BCUT2D eigenvalue weighted by atomic mass is 10.1. The zero-order chi connectivity index (χ0) is 19.5. The van der Waals surface area contributed by atoms with Crippen LogP contribution in [0.15, 0.2) is 53.3 Å². The molecule has 1 amide bonds. The second-order valence-corrected chi connectivity index (χ2v) is 7.06. The van der Waals surface area contributed by atoms with Gasteiger partial charge in [-0.3, -0.25) is 14.3 Å². The van der Waals surface area contributed by atoms with Crippen molar-refractivity contribution in [1.82, 2.24) is 9.78 Å². The fourth-order valence-corrected chi connectivity index (χ4v) is 3.73. The Labute approximate surface area is 163 Å². The molecule has 144 valence electrons. The quantitative estimate of drug-likeness (QED) is 0.755. The molecule has 1 N–H and O–H groups in total. The van der Waals surface area contributed by atoms with Gasteiger partial charge in [-0.15, -0.1) is 0 Å². The zero-order valence-corrected chi connectivity index (χ0v) is 16.0. The van der Waals surface area contributed by atoms with Crippen LogP contribution in [-0.4, -0.2) is 28.8 Å².